The number of rotatable bonds is 5. The van der Waals surface area contributed by atoms with E-state index < -0.39 is 11.8 Å². The van der Waals surface area contributed by atoms with Crippen LogP contribution >= 0.6 is 0 Å². The number of hydrogen-bond acceptors (Lipinski definition) is 4. The van der Waals surface area contributed by atoms with Gasteiger partial charge in [-0.05, 0) is 13.3 Å². The Morgan fingerprint density at radius 2 is 1.79 bits per heavy atom. The first-order chi connectivity index (χ1) is 6.58. The summed E-state index contributed by atoms with van der Waals surface area (Å²) >= 11 is 0. The maximum absolute atomic E-state index is 11.4. The van der Waals surface area contributed by atoms with Gasteiger partial charge in [-0.15, -0.1) is 0 Å². The molecule has 0 aromatic carbocycles. The molecule has 0 saturated heterocycles. The minimum absolute atomic E-state index is 0.326. The SMILES string of the molecule is CCOC(=O)C(CC)C(C)C(=O)OC. The van der Waals surface area contributed by atoms with E-state index in [2.05, 4.69) is 4.74 Å². The Labute approximate surface area is 84.6 Å². The Bertz CT molecular complexity index is 200. The molecule has 0 spiro atoms. The van der Waals surface area contributed by atoms with Gasteiger partial charge in [0, 0.05) is 0 Å². The third kappa shape index (κ3) is 3.36. The van der Waals surface area contributed by atoms with Crippen LogP contribution in [-0.4, -0.2) is 25.7 Å². The van der Waals surface area contributed by atoms with Crippen molar-refractivity contribution < 1.29 is 19.1 Å². The summed E-state index contributed by atoms with van der Waals surface area (Å²) in [5, 5.41) is 0. The average molecular weight is 202 g/mol. The minimum atomic E-state index is -0.441. The number of ether oxygens (including phenoxy) is 2. The van der Waals surface area contributed by atoms with Crippen molar-refractivity contribution in [3.8, 4) is 0 Å². The predicted octanol–water partition coefficient (Wildman–Crippen LogP) is 1.38. The molecule has 0 fully saturated rings. The first-order valence-corrected chi connectivity index (χ1v) is 4.82. The lowest BCUT2D eigenvalue weighted by Gasteiger charge is -2.18. The van der Waals surface area contributed by atoms with Gasteiger partial charge < -0.3 is 9.47 Å². The van der Waals surface area contributed by atoms with Crippen LogP contribution in [0.15, 0.2) is 0 Å². The molecule has 0 heterocycles. The summed E-state index contributed by atoms with van der Waals surface area (Å²) in [6.07, 6.45) is 0.578. The quantitative estimate of drug-likeness (QED) is 0.632. The molecular formula is C10H18O4. The Morgan fingerprint density at radius 3 is 2.14 bits per heavy atom. The molecule has 82 valence electrons. The van der Waals surface area contributed by atoms with E-state index in [0.29, 0.717) is 13.0 Å². The van der Waals surface area contributed by atoms with E-state index in [1.54, 1.807) is 13.8 Å². The summed E-state index contributed by atoms with van der Waals surface area (Å²) in [5.41, 5.74) is 0. The lowest BCUT2D eigenvalue weighted by Crippen LogP contribution is -2.29. The Hall–Kier alpha value is -1.06. The molecule has 0 aliphatic heterocycles. The van der Waals surface area contributed by atoms with E-state index in [-0.39, 0.29) is 11.9 Å². The molecule has 0 radical (unpaired) electrons. The standard InChI is InChI=1S/C10H18O4/c1-5-8(10(12)14-6-2)7(3)9(11)13-4/h7-8H,5-6H2,1-4H3. The zero-order chi connectivity index (χ0) is 11.1. The first kappa shape index (κ1) is 12.9. The molecular weight excluding hydrogens is 184 g/mol. The molecule has 0 aromatic heterocycles. The van der Waals surface area contributed by atoms with Crippen molar-refractivity contribution in [1.29, 1.82) is 0 Å². The highest BCUT2D eigenvalue weighted by molar-refractivity contribution is 5.81. The third-order valence-corrected chi connectivity index (χ3v) is 2.21. The fourth-order valence-corrected chi connectivity index (χ4v) is 1.32. The second-order valence-corrected chi connectivity index (χ2v) is 3.08. The van der Waals surface area contributed by atoms with Crippen molar-refractivity contribution in [2.24, 2.45) is 11.8 Å². The summed E-state index contributed by atoms with van der Waals surface area (Å²) in [6.45, 7) is 5.61. The predicted molar refractivity (Wildman–Crippen MR) is 51.6 cm³/mol. The van der Waals surface area contributed by atoms with Gasteiger partial charge in [0.25, 0.3) is 0 Å². The summed E-state index contributed by atoms with van der Waals surface area (Å²) in [7, 11) is 1.32. The molecule has 0 rings (SSSR count). The van der Waals surface area contributed by atoms with E-state index in [1.807, 2.05) is 6.92 Å². The zero-order valence-corrected chi connectivity index (χ0v) is 9.20. The highest BCUT2D eigenvalue weighted by atomic mass is 16.5. The van der Waals surface area contributed by atoms with Gasteiger partial charge in [-0.3, -0.25) is 9.59 Å². The minimum Gasteiger partial charge on any atom is -0.469 e. The Kier molecular flexibility index (Phi) is 5.92. The van der Waals surface area contributed by atoms with Crippen LogP contribution in [0.3, 0.4) is 0 Å². The molecule has 4 heteroatoms. The van der Waals surface area contributed by atoms with Crippen molar-refractivity contribution in [1.82, 2.24) is 0 Å². The van der Waals surface area contributed by atoms with Crippen LogP contribution in [0, 0.1) is 11.8 Å². The summed E-state index contributed by atoms with van der Waals surface area (Å²) < 4.78 is 9.44. The van der Waals surface area contributed by atoms with Gasteiger partial charge in [-0.25, -0.2) is 0 Å². The van der Waals surface area contributed by atoms with E-state index in [1.165, 1.54) is 7.11 Å². The maximum atomic E-state index is 11.4. The van der Waals surface area contributed by atoms with Crippen LogP contribution in [0.2, 0.25) is 0 Å². The Morgan fingerprint density at radius 1 is 1.21 bits per heavy atom. The summed E-state index contributed by atoms with van der Waals surface area (Å²) in [4.78, 5) is 22.6. The molecule has 14 heavy (non-hydrogen) atoms. The lowest BCUT2D eigenvalue weighted by molar-refractivity contribution is -0.158. The number of carbonyl (C=O) groups excluding carboxylic acids is 2. The highest BCUT2D eigenvalue weighted by Crippen LogP contribution is 2.18. The molecule has 0 amide bonds. The smallest absolute Gasteiger partial charge is 0.309 e. The second-order valence-electron chi connectivity index (χ2n) is 3.08. The average Bonchev–Trinajstić information content (AvgIpc) is 2.18. The maximum Gasteiger partial charge on any atom is 0.309 e. The number of hydrogen-bond donors (Lipinski definition) is 0. The molecule has 0 N–H and O–H groups in total. The van der Waals surface area contributed by atoms with Crippen LogP contribution in [0.25, 0.3) is 0 Å². The van der Waals surface area contributed by atoms with Crippen molar-refractivity contribution >= 4 is 11.9 Å². The molecule has 2 unspecified atom stereocenters. The van der Waals surface area contributed by atoms with Gasteiger partial charge in [-0.2, -0.15) is 0 Å². The van der Waals surface area contributed by atoms with Crippen molar-refractivity contribution in [3.63, 3.8) is 0 Å². The van der Waals surface area contributed by atoms with E-state index in [4.69, 9.17) is 4.74 Å². The van der Waals surface area contributed by atoms with Gasteiger partial charge in [-0.1, -0.05) is 13.8 Å². The molecule has 0 aliphatic carbocycles. The fraction of sp³-hybridized carbons (Fsp3) is 0.800. The van der Waals surface area contributed by atoms with Crippen molar-refractivity contribution in [2.45, 2.75) is 27.2 Å². The highest BCUT2D eigenvalue weighted by Gasteiger charge is 2.30. The van der Waals surface area contributed by atoms with E-state index in [9.17, 15) is 9.59 Å². The van der Waals surface area contributed by atoms with Crippen molar-refractivity contribution in [3.05, 3.63) is 0 Å². The van der Waals surface area contributed by atoms with Crippen LogP contribution in [-0.2, 0) is 19.1 Å². The number of carbonyl (C=O) groups is 2. The van der Waals surface area contributed by atoms with Gasteiger partial charge in [0.05, 0.1) is 25.6 Å². The van der Waals surface area contributed by atoms with Crippen molar-refractivity contribution in [2.75, 3.05) is 13.7 Å². The van der Waals surface area contributed by atoms with Gasteiger partial charge >= 0.3 is 11.9 Å². The van der Waals surface area contributed by atoms with Gasteiger partial charge in [0.15, 0.2) is 0 Å². The Balaban J connectivity index is 4.39. The number of methoxy groups -OCH3 is 1. The molecule has 0 bridgehead atoms. The number of esters is 2. The normalized spacial score (nSPS) is 14.3. The summed E-state index contributed by atoms with van der Waals surface area (Å²) in [6, 6.07) is 0. The topological polar surface area (TPSA) is 52.6 Å². The molecule has 0 saturated carbocycles. The monoisotopic (exact) mass is 202 g/mol. The van der Waals surface area contributed by atoms with Crippen LogP contribution in [0.4, 0.5) is 0 Å². The fourth-order valence-electron chi connectivity index (χ4n) is 1.32. The summed E-state index contributed by atoms with van der Waals surface area (Å²) in [5.74, 6) is -1.54. The molecule has 2 atom stereocenters. The van der Waals surface area contributed by atoms with Gasteiger partial charge in [0.1, 0.15) is 0 Å². The van der Waals surface area contributed by atoms with Gasteiger partial charge in [0.2, 0.25) is 0 Å². The molecule has 4 nitrogen and oxygen atoms in total. The molecule has 0 aromatic rings. The zero-order valence-electron chi connectivity index (χ0n) is 9.20. The third-order valence-electron chi connectivity index (χ3n) is 2.21. The first-order valence-electron chi connectivity index (χ1n) is 4.82. The van der Waals surface area contributed by atoms with E-state index in [0.717, 1.165) is 0 Å². The van der Waals surface area contributed by atoms with Crippen LogP contribution in [0.5, 0.6) is 0 Å². The second kappa shape index (κ2) is 6.40. The lowest BCUT2D eigenvalue weighted by atomic mass is 9.92. The van der Waals surface area contributed by atoms with Crippen LogP contribution < -0.4 is 0 Å². The van der Waals surface area contributed by atoms with E-state index >= 15 is 0 Å². The molecule has 0 aliphatic rings. The van der Waals surface area contributed by atoms with Crippen LogP contribution in [0.1, 0.15) is 27.2 Å². The largest absolute Gasteiger partial charge is 0.469 e.